The highest BCUT2D eigenvalue weighted by Crippen LogP contribution is 2.50. The summed E-state index contributed by atoms with van der Waals surface area (Å²) in [5.74, 6) is 0.484. The second kappa shape index (κ2) is 6.36. The molecule has 0 saturated heterocycles. The second-order valence-electron chi connectivity index (χ2n) is 7.29. The van der Waals surface area contributed by atoms with Crippen molar-refractivity contribution < 1.29 is 8.42 Å². The summed E-state index contributed by atoms with van der Waals surface area (Å²) in [6.45, 7) is 5.98. The van der Waals surface area contributed by atoms with E-state index in [0.29, 0.717) is 11.5 Å². The van der Waals surface area contributed by atoms with E-state index in [4.69, 9.17) is 0 Å². The number of aryl methyl sites for hydroxylation is 1. The van der Waals surface area contributed by atoms with E-state index in [-0.39, 0.29) is 10.8 Å². The van der Waals surface area contributed by atoms with Crippen LogP contribution in [0.4, 0.5) is 11.5 Å². The largest absolute Gasteiger partial charge is 0.340 e. The smallest absolute Gasteiger partial charge is 0.269 e. The molecule has 3 aromatic carbocycles. The molecule has 1 atom stereocenters. The SMILES string of the molecule is C=CC1c2ccccc2N(S(=O)(=O)c2ccc(C)cc2)c2[nH]c3ccccc3c21. The average Bonchev–Trinajstić information content (AvgIpc) is 3.10. The molecule has 1 aliphatic heterocycles. The molecule has 4 aromatic rings. The summed E-state index contributed by atoms with van der Waals surface area (Å²) in [6.07, 6.45) is 1.88. The van der Waals surface area contributed by atoms with E-state index in [9.17, 15) is 8.42 Å². The molecule has 1 aliphatic rings. The van der Waals surface area contributed by atoms with Crippen molar-refractivity contribution in [2.75, 3.05) is 4.31 Å². The number of rotatable bonds is 3. The molecule has 4 nitrogen and oxygen atoms in total. The van der Waals surface area contributed by atoms with Gasteiger partial charge in [0.25, 0.3) is 10.0 Å². The van der Waals surface area contributed by atoms with Crippen LogP contribution in [0, 0.1) is 6.92 Å². The van der Waals surface area contributed by atoms with E-state index in [1.165, 1.54) is 4.31 Å². The van der Waals surface area contributed by atoms with Gasteiger partial charge in [-0.25, -0.2) is 12.7 Å². The number of fused-ring (bicyclic) bond motifs is 4. The number of nitrogens with zero attached hydrogens (tertiary/aromatic N) is 1. The lowest BCUT2D eigenvalue weighted by Gasteiger charge is -2.33. The molecule has 0 saturated carbocycles. The molecule has 2 heterocycles. The van der Waals surface area contributed by atoms with Crippen LogP contribution in [0.1, 0.15) is 22.6 Å². The van der Waals surface area contributed by atoms with Crippen LogP contribution < -0.4 is 4.31 Å². The molecule has 1 aromatic heterocycles. The van der Waals surface area contributed by atoms with Crippen molar-refractivity contribution in [3.63, 3.8) is 0 Å². The van der Waals surface area contributed by atoms with Crippen molar-refractivity contribution in [3.05, 3.63) is 102 Å². The van der Waals surface area contributed by atoms with E-state index in [2.05, 4.69) is 11.6 Å². The third-order valence-electron chi connectivity index (χ3n) is 5.53. The van der Waals surface area contributed by atoms with Gasteiger partial charge in [0.05, 0.1) is 10.6 Å². The molecule has 0 aliphatic carbocycles. The van der Waals surface area contributed by atoms with Gasteiger partial charge in [-0.05, 0) is 36.8 Å². The maximum atomic E-state index is 13.8. The normalized spacial score (nSPS) is 15.8. The van der Waals surface area contributed by atoms with E-state index >= 15 is 0 Å². The number of H-pyrrole nitrogens is 1. The van der Waals surface area contributed by atoms with Gasteiger partial charge in [-0.3, -0.25) is 0 Å². The number of sulfonamides is 1. The lowest BCUT2D eigenvalue weighted by Crippen LogP contribution is -2.31. The summed E-state index contributed by atoms with van der Waals surface area (Å²) in [4.78, 5) is 3.62. The zero-order valence-electron chi connectivity index (χ0n) is 16.0. The van der Waals surface area contributed by atoms with Crippen LogP contribution in [0.25, 0.3) is 10.9 Å². The van der Waals surface area contributed by atoms with Crippen LogP contribution in [-0.2, 0) is 10.0 Å². The predicted octanol–water partition coefficient (Wildman–Crippen LogP) is 5.63. The van der Waals surface area contributed by atoms with Gasteiger partial charge in [0.2, 0.25) is 0 Å². The number of nitrogens with one attached hydrogen (secondary N) is 1. The van der Waals surface area contributed by atoms with Gasteiger partial charge in [-0.15, -0.1) is 6.58 Å². The highest BCUT2D eigenvalue weighted by atomic mass is 32.2. The first-order valence-corrected chi connectivity index (χ1v) is 10.9. The number of allylic oxidation sites excluding steroid dienone is 1. The van der Waals surface area contributed by atoms with Crippen molar-refractivity contribution in [2.24, 2.45) is 0 Å². The van der Waals surface area contributed by atoms with Crippen molar-refractivity contribution in [1.82, 2.24) is 4.98 Å². The minimum atomic E-state index is -3.82. The molecular formula is C24H20N2O2S. The van der Waals surface area contributed by atoms with Gasteiger partial charge in [0.1, 0.15) is 5.82 Å². The first-order valence-electron chi connectivity index (χ1n) is 9.46. The van der Waals surface area contributed by atoms with Crippen LogP contribution in [-0.4, -0.2) is 13.4 Å². The minimum Gasteiger partial charge on any atom is -0.340 e. The van der Waals surface area contributed by atoms with E-state index in [1.807, 2.05) is 73.7 Å². The summed E-state index contributed by atoms with van der Waals surface area (Å²) in [6, 6.07) is 22.5. The Kier molecular flexibility index (Phi) is 3.89. The highest BCUT2D eigenvalue weighted by Gasteiger charge is 2.38. The fraction of sp³-hybridized carbons (Fsp3) is 0.0833. The van der Waals surface area contributed by atoms with Gasteiger partial charge in [-0.1, -0.05) is 60.2 Å². The van der Waals surface area contributed by atoms with Crippen LogP contribution in [0.15, 0.2) is 90.3 Å². The quantitative estimate of drug-likeness (QED) is 0.453. The zero-order chi connectivity index (χ0) is 20.2. The Morgan fingerprint density at radius 1 is 0.966 bits per heavy atom. The molecule has 144 valence electrons. The van der Waals surface area contributed by atoms with E-state index in [0.717, 1.165) is 27.6 Å². The third kappa shape index (κ3) is 2.54. The minimum absolute atomic E-state index is 0.0955. The zero-order valence-corrected chi connectivity index (χ0v) is 16.8. The Hall–Kier alpha value is -3.31. The molecule has 0 fully saturated rings. The Labute approximate surface area is 170 Å². The van der Waals surface area contributed by atoms with E-state index < -0.39 is 10.0 Å². The topological polar surface area (TPSA) is 53.2 Å². The fourth-order valence-electron chi connectivity index (χ4n) is 4.15. The molecule has 0 bridgehead atoms. The van der Waals surface area contributed by atoms with Crippen LogP contribution in [0.2, 0.25) is 0 Å². The van der Waals surface area contributed by atoms with Crippen molar-refractivity contribution in [1.29, 1.82) is 0 Å². The predicted molar refractivity (Wildman–Crippen MR) is 117 cm³/mol. The Morgan fingerprint density at radius 2 is 1.66 bits per heavy atom. The number of hydrogen-bond donors (Lipinski definition) is 1. The lowest BCUT2D eigenvalue weighted by atomic mass is 9.87. The fourth-order valence-corrected chi connectivity index (χ4v) is 5.65. The average molecular weight is 401 g/mol. The van der Waals surface area contributed by atoms with Gasteiger partial charge in [0.15, 0.2) is 0 Å². The number of aromatic amines is 1. The Balaban J connectivity index is 1.85. The number of anilines is 2. The van der Waals surface area contributed by atoms with Crippen molar-refractivity contribution >= 4 is 32.4 Å². The van der Waals surface area contributed by atoms with Crippen molar-refractivity contribution in [2.45, 2.75) is 17.7 Å². The van der Waals surface area contributed by atoms with Crippen LogP contribution in [0.5, 0.6) is 0 Å². The first kappa shape index (κ1) is 17.8. The molecule has 29 heavy (non-hydrogen) atoms. The van der Waals surface area contributed by atoms with E-state index in [1.54, 1.807) is 12.1 Å². The first-order chi connectivity index (χ1) is 14.0. The molecule has 1 N–H and O–H groups in total. The second-order valence-corrected chi connectivity index (χ2v) is 9.07. The highest BCUT2D eigenvalue weighted by molar-refractivity contribution is 7.93. The summed E-state index contributed by atoms with van der Waals surface area (Å²) in [5, 5.41) is 1.01. The molecule has 0 radical (unpaired) electrons. The standard InChI is InChI=1S/C24H20N2O2S/c1-3-18-19-8-5-7-11-22(19)26(29(27,28)17-14-12-16(2)13-15-17)24-23(18)20-9-4-6-10-21(20)25-24/h3-15,18,25H,1H2,2H3. The van der Waals surface area contributed by atoms with Crippen LogP contribution >= 0.6 is 0 Å². The summed E-state index contributed by atoms with van der Waals surface area (Å²) in [5.41, 5.74) is 4.43. The summed E-state index contributed by atoms with van der Waals surface area (Å²) in [7, 11) is -3.82. The Morgan fingerprint density at radius 3 is 2.41 bits per heavy atom. The molecular weight excluding hydrogens is 380 g/mol. The number of hydrogen-bond acceptors (Lipinski definition) is 2. The summed E-state index contributed by atoms with van der Waals surface area (Å²) >= 11 is 0. The maximum absolute atomic E-state index is 13.8. The number of aromatic nitrogens is 1. The Bertz CT molecular complexity index is 1350. The third-order valence-corrected chi connectivity index (χ3v) is 7.25. The molecule has 5 heteroatoms. The van der Waals surface area contributed by atoms with Gasteiger partial charge >= 0.3 is 0 Å². The monoisotopic (exact) mass is 400 g/mol. The number of para-hydroxylation sites is 2. The van der Waals surface area contributed by atoms with Gasteiger partial charge in [-0.2, -0.15) is 0 Å². The van der Waals surface area contributed by atoms with Crippen LogP contribution in [0.3, 0.4) is 0 Å². The molecule has 1 unspecified atom stereocenters. The lowest BCUT2D eigenvalue weighted by molar-refractivity contribution is 0.595. The molecule has 0 spiro atoms. The number of benzene rings is 3. The van der Waals surface area contributed by atoms with Crippen molar-refractivity contribution in [3.8, 4) is 0 Å². The van der Waals surface area contributed by atoms with Gasteiger partial charge in [0, 0.05) is 22.4 Å². The summed E-state index contributed by atoms with van der Waals surface area (Å²) < 4.78 is 29.0. The maximum Gasteiger partial charge on any atom is 0.269 e. The molecule has 5 rings (SSSR count). The van der Waals surface area contributed by atoms with Gasteiger partial charge < -0.3 is 4.98 Å². The molecule has 0 amide bonds.